The summed E-state index contributed by atoms with van der Waals surface area (Å²) in [7, 11) is 3.50. The topological polar surface area (TPSA) is 45.7 Å². The Morgan fingerprint density at radius 2 is 2.21 bits per heavy atom. The van der Waals surface area contributed by atoms with Crippen LogP contribution in [0.4, 0.5) is 0 Å². The molecular formula is C10H23N3O. The first kappa shape index (κ1) is 13.2. The average molecular weight is 201 g/mol. The molecule has 1 atom stereocenters. The van der Waals surface area contributed by atoms with Crippen LogP contribution in [0.25, 0.3) is 0 Å². The van der Waals surface area contributed by atoms with E-state index < -0.39 is 0 Å². The van der Waals surface area contributed by atoms with Gasteiger partial charge in [0.25, 0.3) is 0 Å². The second-order valence-electron chi connectivity index (χ2n) is 3.30. The SMILES string of the molecule is CCC(C)NC(=NC)NCCCOC. The Bertz CT molecular complexity index is 159. The van der Waals surface area contributed by atoms with E-state index in [4.69, 9.17) is 4.74 Å². The minimum Gasteiger partial charge on any atom is -0.385 e. The molecule has 0 rings (SSSR count). The van der Waals surface area contributed by atoms with Gasteiger partial charge in [0, 0.05) is 33.4 Å². The Balaban J connectivity index is 3.59. The predicted molar refractivity (Wildman–Crippen MR) is 60.7 cm³/mol. The molecule has 1 unspecified atom stereocenters. The second-order valence-corrected chi connectivity index (χ2v) is 3.30. The van der Waals surface area contributed by atoms with E-state index in [1.807, 2.05) is 0 Å². The van der Waals surface area contributed by atoms with Crippen LogP contribution < -0.4 is 10.6 Å². The number of guanidine groups is 1. The lowest BCUT2D eigenvalue weighted by atomic mass is 10.3. The Hall–Kier alpha value is -0.770. The summed E-state index contributed by atoms with van der Waals surface area (Å²) >= 11 is 0. The van der Waals surface area contributed by atoms with Crippen LogP contribution in [0.3, 0.4) is 0 Å². The van der Waals surface area contributed by atoms with Crippen molar-refractivity contribution in [3.63, 3.8) is 0 Å². The maximum Gasteiger partial charge on any atom is 0.191 e. The Kier molecular flexibility index (Phi) is 8.33. The first-order chi connectivity index (χ1) is 6.74. The van der Waals surface area contributed by atoms with E-state index in [0.29, 0.717) is 6.04 Å². The van der Waals surface area contributed by atoms with Crippen molar-refractivity contribution >= 4 is 5.96 Å². The van der Waals surface area contributed by atoms with Crippen molar-refractivity contribution in [2.75, 3.05) is 27.3 Å². The third kappa shape index (κ3) is 6.71. The van der Waals surface area contributed by atoms with Gasteiger partial charge in [-0.05, 0) is 19.8 Å². The standard InChI is InChI=1S/C10H23N3O/c1-5-9(2)13-10(11-3)12-7-6-8-14-4/h9H,5-8H2,1-4H3,(H2,11,12,13). The first-order valence-corrected chi connectivity index (χ1v) is 5.20. The van der Waals surface area contributed by atoms with Crippen LogP contribution >= 0.6 is 0 Å². The van der Waals surface area contributed by atoms with Gasteiger partial charge in [0.1, 0.15) is 0 Å². The van der Waals surface area contributed by atoms with E-state index in [0.717, 1.165) is 32.0 Å². The highest BCUT2D eigenvalue weighted by Gasteiger charge is 2.00. The van der Waals surface area contributed by atoms with Gasteiger partial charge in [-0.2, -0.15) is 0 Å². The van der Waals surface area contributed by atoms with Crippen molar-refractivity contribution in [3.8, 4) is 0 Å². The van der Waals surface area contributed by atoms with E-state index >= 15 is 0 Å². The molecule has 0 amide bonds. The van der Waals surface area contributed by atoms with E-state index in [1.165, 1.54) is 0 Å². The van der Waals surface area contributed by atoms with Crippen LogP contribution in [-0.4, -0.2) is 39.3 Å². The first-order valence-electron chi connectivity index (χ1n) is 5.20. The van der Waals surface area contributed by atoms with Crippen LogP contribution in [0.15, 0.2) is 4.99 Å². The molecule has 2 N–H and O–H groups in total. The van der Waals surface area contributed by atoms with Gasteiger partial charge < -0.3 is 15.4 Å². The molecule has 0 spiro atoms. The molecule has 4 nitrogen and oxygen atoms in total. The number of aliphatic imine (C=N–C) groups is 1. The lowest BCUT2D eigenvalue weighted by Crippen LogP contribution is -2.42. The minimum atomic E-state index is 0.462. The molecule has 0 aromatic carbocycles. The number of nitrogens with one attached hydrogen (secondary N) is 2. The number of rotatable bonds is 6. The third-order valence-electron chi connectivity index (χ3n) is 2.04. The summed E-state index contributed by atoms with van der Waals surface area (Å²) in [6, 6.07) is 0.462. The Morgan fingerprint density at radius 1 is 1.50 bits per heavy atom. The van der Waals surface area contributed by atoms with Gasteiger partial charge in [0.2, 0.25) is 0 Å². The van der Waals surface area contributed by atoms with Gasteiger partial charge in [0.15, 0.2) is 5.96 Å². The molecule has 84 valence electrons. The zero-order chi connectivity index (χ0) is 10.8. The van der Waals surface area contributed by atoms with E-state index in [1.54, 1.807) is 14.2 Å². The zero-order valence-electron chi connectivity index (χ0n) is 9.76. The van der Waals surface area contributed by atoms with Gasteiger partial charge in [-0.3, -0.25) is 4.99 Å². The van der Waals surface area contributed by atoms with E-state index in [9.17, 15) is 0 Å². The van der Waals surface area contributed by atoms with Crippen LogP contribution in [0.5, 0.6) is 0 Å². The van der Waals surface area contributed by atoms with Crippen molar-refractivity contribution in [2.24, 2.45) is 4.99 Å². The molecule has 0 aromatic heterocycles. The molecule has 0 saturated heterocycles. The van der Waals surface area contributed by atoms with Crippen LogP contribution in [-0.2, 0) is 4.74 Å². The summed E-state index contributed by atoms with van der Waals surface area (Å²) in [5.41, 5.74) is 0. The quantitative estimate of drug-likeness (QED) is 0.383. The van der Waals surface area contributed by atoms with Crippen molar-refractivity contribution in [3.05, 3.63) is 0 Å². The van der Waals surface area contributed by atoms with Gasteiger partial charge in [-0.1, -0.05) is 6.92 Å². The lowest BCUT2D eigenvalue weighted by Gasteiger charge is -2.16. The second kappa shape index (κ2) is 8.81. The van der Waals surface area contributed by atoms with Gasteiger partial charge in [0.05, 0.1) is 0 Å². The largest absolute Gasteiger partial charge is 0.385 e. The Labute approximate surface area is 87.1 Å². The smallest absolute Gasteiger partial charge is 0.191 e. The maximum absolute atomic E-state index is 4.96. The Morgan fingerprint density at radius 3 is 2.71 bits per heavy atom. The zero-order valence-corrected chi connectivity index (χ0v) is 9.76. The van der Waals surface area contributed by atoms with Gasteiger partial charge in [-0.25, -0.2) is 0 Å². The molecule has 0 bridgehead atoms. The highest BCUT2D eigenvalue weighted by molar-refractivity contribution is 5.79. The third-order valence-corrected chi connectivity index (χ3v) is 2.04. The highest BCUT2D eigenvalue weighted by Crippen LogP contribution is 1.87. The van der Waals surface area contributed by atoms with Crippen molar-refractivity contribution in [1.82, 2.24) is 10.6 Å². The summed E-state index contributed by atoms with van der Waals surface area (Å²) in [5, 5.41) is 6.52. The van der Waals surface area contributed by atoms with Crippen molar-refractivity contribution < 1.29 is 4.74 Å². The number of ether oxygens (including phenoxy) is 1. The minimum absolute atomic E-state index is 0.462. The molecule has 0 aliphatic carbocycles. The summed E-state index contributed by atoms with van der Waals surface area (Å²) in [5.74, 6) is 0.871. The van der Waals surface area contributed by atoms with Crippen molar-refractivity contribution in [2.45, 2.75) is 32.7 Å². The van der Waals surface area contributed by atoms with Crippen LogP contribution in [0, 0.1) is 0 Å². The average Bonchev–Trinajstić information content (AvgIpc) is 2.22. The summed E-state index contributed by atoms with van der Waals surface area (Å²) in [6.45, 7) is 5.97. The van der Waals surface area contributed by atoms with Crippen LogP contribution in [0.2, 0.25) is 0 Å². The van der Waals surface area contributed by atoms with Crippen molar-refractivity contribution in [1.29, 1.82) is 0 Å². The number of hydrogen-bond donors (Lipinski definition) is 2. The fraction of sp³-hybridized carbons (Fsp3) is 0.900. The van der Waals surface area contributed by atoms with E-state index in [2.05, 4.69) is 29.5 Å². The predicted octanol–water partition coefficient (Wildman–Crippen LogP) is 0.986. The number of hydrogen-bond acceptors (Lipinski definition) is 2. The summed E-state index contributed by atoms with van der Waals surface area (Å²) in [6.07, 6.45) is 2.09. The normalized spacial score (nSPS) is 13.9. The number of methoxy groups -OCH3 is 1. The van der Waals surface area contributed by atoms with Gasteiger partial charge >= 0.3 is 0 Å². The molecule has 14 heavy (non-hydrogen) atoms. The molecule has 0 aliphatic rings. The monoisotopic (exact) mass is 201 g/mol. The lowest BCUT2D eigenvalue weighted by molar-refractivity contribution is 0.195. The molecule has 0 aromatic rings. The molecule has 0 radical (unpaired) electrons. The van der Waals surface area contributed by atoms with Crippen LogP contribution in [0.1, 0.15) is 26.7 Å². The summed E-state index contributed by atoms with van der Waals surface area (Å²) in [4.78, 5) is 4.13. The number of nitrogens with zero attached hydrogens (tertiary/aromatic N) is 1. The molecular weight excluding hydrogens is 178 g/mol. The fourth-order valence-corrected chi connectivity index (χ4v) is 0.953. The molecule has 0 aliphatic heterocycles. The molecule has 4 heteroatoms. The maximum atomic E-state index is 4.96. The summed E-state index contributed by atoms with van der Waals surface area (Å²) < 4.78 is 4.96. The molecule has 0 heterocycles. The van der Waals surface area contributed by atoms with Gasteiger partial charge in [-0.15, -0.1) is 0 Å². The van der Waals surface area contributed by atoms with E-state index in [-0.39, 0.29) is 0 Å². The molecule has 0 saturated carbocycles. The molecule has 0 fully saturated rings. The fourth-order valence-electron chi connectivity index (χ4n) is 0.953. The highest BCUT2D eigenvalue weighted by atomic mass is 16.5.